The Kier molecular flexibility index (Phi) is 7.73. The molecule has 234 valence electrons. The molecule has 2 unspecified atom stereocenters. The molecular weight excluding hydrogens is 587 g/mol. The average molecular weight is 630 g/mol. The van der Waals surface area contributed by atoms with Crippen molar-refractivity contribution in [3.8, 4) is 0 Å². The van der Waals surface area contributed by atoms with E-state index in [-0.39, 0.29) is 11.5 Å². The van der Waals surface area contributed by atoms with E-state index >= 15 is 0 Å². The van der Waals surface area contributed by atoms with Gasteiger partial charge in [0.25, 0.3) is 0 Å². The Bertz CT molecular complexity index is 2060. The van der Waals surface area contributed by atoms with Crippen LogP contribution in [0.3, 0.4) is 0 Å². The Hall–Kier alpha value is -4.27. The molecule has 4 aromatic rings. The van der Waals surface area contributed by atoms with Gasteiger partial charge in [-0.25, -0.2) is 0 Å². The maximum Gasteiger partial charge on any atom is 0.0701 e. The second kappa shape index (κ2) is 12.1. The van der Waals surface area contributed by atoms with Gasteiger partial charge in [0, 0.05) is 20.9 Å². The van der Waals surface area contributed by atoms with Gasteiger partial charge in [-0.2, -0.15) is 0 Å². The van der Waals surface area contributed by atoms with Gasteiger partial charge in [-0.3, -0.25) is 0 Å². The van der Waals surface area contributed by atoms with E-state index in [0.717, 1.165) is 30.6 Å². The fourth-order valence-electron chi connectivity index (χ4n) is 8.12. The number of hydrogen-bond donors (Lipinski definition) is 1. The Labute approximate surface area is 284 Å². The lowest BCUT2D eigenvalue weighted by Gasteiger charge is -2.32. The summed E-state index contributed by atoms with van der Waals surface area (Å²) in [5.41, 5.74) is 14.1. The zero-order chi connectivity index (χ0) is 32.1. The second-order valence-electron chi connectivity index (χ2n) is 14.2. The topological polar surface area (TPSA) is 12.0 Å². The highest BCUT2D eigenvalue weighted by molar-refractivity contribution is 8.11. The van der Waals surface area contributed by atoms with Crippen LogP contribution in [0.15, 0.2) is 138 Å². The Balaban J connectivity index is 0.981. The van der Waals surface area contributed by atoms with Crippen LogP contribution in [0.2, 0.25) is 0 Å². The lowest BCUT2D eigenvalue weighted by Crippen LogP contribution is -2.23. The summed E-state index contributed by atoms with van der Waals surface area (Å²) in [6.07, 6.45) is 17.0. The number of rotatable bonds is 6. The summed E-state index contributed by atoms with van der Waals surface area (Å²) >= 11 is 1.82. The molecule has 1 aliphatic heterocycles. The smallest absolute Gasteiger partial charge is 0.0701 e. The van der Waals surface area contributed by atoms with E-state index in [4.69, 9.17) is 0 Å². The summed E-state index contributed by atoms with van der Waals surface area (Å²) in [4.78, 5) is 2.50. The fraction of sp³-hybridized carbons (Fsp3) is 0.244. The molecule has 0 radical (unpaired) electrons. The van der Waals surface area contributed by atoms with Gasteiger partial charge in [-0.1, -0.05) is 147 Å². The number of fused-ring (bicyclic) bond motifs is 3. The van der Waals surface area contributed by atoms with Crippen molar-refractivity contribution in [3.63, 3.8) is 0 Å². The van der Waals surface area contributed by atoms with Crippen molar-refractivity contribution < 1.29 is 0 Å². The minimum absolute atomic E-state index is 0.0265. The molecule has 0 saturated carbocycles. The molecule has 4 aliphatic rings. The van der Waals surface area contributed by atoms with Crippen LogP contribution >= 0.6 is 11.8 Å². The molecule has 8 rings (SSSR count). The zero-order valence-corrected chi connectivity index (χ0v) is 28.6. The minimum atomic E-state index is 0.0265. The van der Waals surface area contributed by atoms with Gasteiger partial charge in [-0.05, 0) is 107 Å². The van der Waals surface area contributed by atoms with Gasteiger partial charge in [0.05, 0.1) is 6.04 Å². The molecule has 0 fully saturated rings. The normalized spacial score (nSPS) is 21.4. The number of dihydropyridines is 1. The highest BCUT2D eigenvalue weighted by Crippen LogP contribution is 2.55. The average Bonchev–Trinajstić information content (AvgIpc) is 3.34. The minimum Gasteiger partial charge on any atom is -0.374 e. The summed E-state index contributed by atoms with van der Waals surface area (Å²) in [7, 11) is 0. The Morgan fingerprint density at radius 3 is 2.53 bits per heavy atom. The number of nitrogens with one attached hydrogen (secondary N) is 1. The van der Waals surface area contributed by atoms with Crippen molar-refractivity contribution in [2.75, 3.05) is 0 Å². The first-order valence-corrected chi connectivity index (χ1v) is 18.0. The van der Waals surface area contributed by atoms with Crippen molar-refractivity contribution in [1.29, 1.82) is 0 Å². The summed E-state index contributed by atoms with van der Waals surface area (Å²) in [5.74, 6) is 0.556. The molecule has 2 heteroatoms. The summed E-state index contributed by atoms with van der Waals surface area (Å²) in [6, 6.07) is 32.1. The molecule has 1 heterocycles. The van der Waals surface area contributed by atoms with Gasteiger partial charge in [-0.15, -0.1) is 0 Å². The number of thioether (sulfide) groups is 1. The van der Waals surface area contributed by atoms with E-state index in [2.05, 4.69) is 148 Å². The first kappa shape index (κ1) is 30.1. The maximum absolute atomic E-state index is 4.43. The maximum atomic E-state index is 4.43. The predicted octanol–water partition coefficient (Wildman–Crippen LogP) is 12.4. The van der Waals surface area contributed by atoms with Gasteiger partial charge >= 0.3 is 0 Å². The van der Waals surface area contributed by atoms with Crippen molar-refractivity contribution in [3.05, 3.63) is 171 Å². The van der Waals surface area contributed by atoms with Gasteiger partial charge in [0.2, 0.25) is 0 Å². The molecular formula is C45H43NS. The largest absolute Gasteiger partial charge is 0.374 e. The van der Waals surface area contributed by atoms with Crippen LogP contribution in [-0.4, -0.2) is 0 Å². The van der Waals surface area contributed by atoms with Crippen molar-refractivity contribution in [2.45, 2.75) is 70.3 Å². The van der Waals surface area contributed by atoms with E-state index in [1.807, 2.05) is 11.8 Å². The third kappa shape index (κ3) is 5.57. The molecule has 0 amide bonds. The van der Waals surface area contributed by atoms with E-state index < -0.39 is 0 Å². The number of hydrogen-bond acceptors (Lipinski definition) is 2. The zero-order valence-electron chi connectivity index (χ0n) is 27.8. The van der Waals surface area contributed by atoms with E-state index in [0.29, 0.717) is 5.92 Å². The third-order valence-corrected chi connectivity index (χ3v) is 12.2. The van der Waals surface area contributed by atoms with Crippen LogP contribution in [-0.2, 0) is 5.41 Å². The highest BCUT2D eigenvalue weighted by atomic mass is 32.2. The van der Waals surface area contributed by atoms with Crippen LogP contribution in [0, 0.1) is 0 Å². The molecule has 0 spiro atoms. The molecule has 47 heavy (non-hydrogen) atoms. The van der Waals surface area contributed by atoms with Gasteiger partial charge in [0.15, 0.2) is 0 Å². The van der Waals surface area contributed by atoms with Crippen LogP contribution in [0.25, 0.3) is 26.9 Å². The highest BCUT2D eigenvalue weighted by Gasteiger charge is 2.41. The molecule has 3 aliphatic carbocycles. The van der Waals surface area contributed by atoms with E-state index in [1.54, 1.807) is 11.1 Å². The monoisotopic (exact) mass is 629 g/mol. The quantitative estimate of drug-likeness (QED) is 0.228. The fourth-order valence-corrected chi connectivity index (χ4v) is 9.08. The molecule has 0 saturated heterocycles. The molecule has 0 aromatic heterocycles. The van der Waals surface area contributed by atoms with Crippen LogP contribution in [0.4, 0.5) is 0 Å². The van der Waals surface area contributed by atoms with Crippen molar-refractivity contribution >= 4 is 38.7 Å². The predicted molar refractivity (Wildman–Crippen MR) is 204 cm³/mol. The first-order chi connectivity index (χ1) is 22.8. The van der Waals surface area contributed by atoms with Gasteiger partial charge < -0.3 is 5.32 Å². The molecule has 1 N–H and O–H groups in total. The summed E-state index contributed by atoms with van der Waals surface area (Å²) in [5, 5.41) is 6.39. The van der Waals surface area contributed by atoms with Crippen LogP contribution in [0.5, 0.6) is 0 Å². The van der Waals surface area contributed by atoms with Crippen molar-refractivity contribution in [2.24, 2.45) is 0 Å². The number of benzene rings is 4. The summed E-state index contributed by atoms with van der Waals surface area (Å²) < 4.78 is 0. The second-order valence-corrected chi connectivity index (χ2v) is 15.3. The first-order valence-electron chi connectivity index (χ1n) is 17.2. The van der Waals surface area contributed by atoms with Crippen LogP contribution < -0.4 is 5.32 Å². The molecule has 1 nitrogen and oxygen atoms in total. The van der Waals surface area contributed by atoms with E-state index in [1.165, 1.54) is 66.7 Å². The lowest BCUT2D eigenvalue weighted by atomic mass is 9.72. The van der Waals surface area contributed by atoms with Crippen LogP contribution in [0.1, 0.15) is 98.2 Å². The molecule has 4 aromatic carbocycles. The Morgan fingerprint density at radius 1 is 0.894 bits per heavy atom. The Morgan fingerprint density at radius 2 is 1.70 bits per heavy atom. The van der Waals surface area contributed by atoms with Gasteiger partial charge in [0.1, 0.15) is 0 Å². The number of allylic oxidation sites excluding steroid dienone is 7. The lowest BCUT2D eigenvalue weighted by molar-refractivity contribution is 0.529. The van der Waals surface area contributed by atoms with E-state index in [9.17, 15) is 0 Å². The molecule has 0 bridgehead atoms. The summed E-state index contributed by atoms with van der Waals surface area (Å²) in [6.45, 7) is 11.6. The SMILES string of the molecule is C=C(SC1=C(C)CCC=C1)c1ccc(C2CCC3=C(C2)C(C)(C)c2cc(C4C=CC=C(c5ccc6ccccc6c5)N4)ccc23)cc1. The standard InChI is InChI=1S/C45H43NS/c1-29-10-5-8-15-44(29)47-30(2)31-16-18-33(19-17-31)35-22-24-38-39-25-23-37(28-41(39)45(3,4)40(38)27-35)43-14-9-13-42(46-43)36-21-20-32-11-6-7-12-34(32)26-36/h6-9,11-21,23,25-26,28,35,43,46H,2,5,10,22,24,27H2,1,3-4H3. The third-order valence-electron chi connectivity index (χ3n) is 11.0. The van der Waals surface area contributed by atoms with Crippen molar-refractivity contribution in [1.82, 2.24) is 5.32 Å². The molecule has 2 atom stereocenters.